The molecule has 2 aromatic heterocycles. The van der Waals surface area contributed by atoms with Gasteiger partial charge in [0.15, 0.2) is 5.69 Å². The highest BCUT2D eigenvalue weighted by Gasteiger charge is 2.17. The maximum Gasteiger partial charge on any atom is 0.280 e. The van der Waals surface area contributed by atoms with E-state index in [9.17, 15) is 4.79 Å². The van der Waals surface area contributed by atoms with Crippen molar-refractivity contribution in [2.24, 2.45) is 0 Å². The average molecular weight is 276 g/mol. The first-order valence-corrected chi connectivity index (χ1v) is 6.08. The van der Waals surface area contributed by atoms with Crippen molar-refractivity contribution < 1.29 is 9.53 Å². The maximum absolute atomic E-state index is 12.1. The molecule has 2 heterocycles. The number of nitrogen functional groups attached to an aromatic ring is 1. The number of aromatic nitrogens is 4. The summed E-state index contributed by atoms with van der Waals surface area (Å²) in [4.78, 5) is 20.2. The van der Waals surface area contributed by atoms with Crippen molar-refractivity contribution in [2.75, 3.05) is 18.2 Å². The molecule has 0 aliphatic heterocycles. The summed E-state index contributed by atoms with van der Waals surface area (Å²) in [5, 5.41) is 9.17. The number of aromatic amines is 1. The summed E-state index contributed by atoms with van der Waals surface area (Å²) in [7, 11) is 1.49. The number of methoxy groups -OCH3 is 1. The number of rotatable bonds is 4. The Hall–Kier alpha value is -2.64. The fourth-order valence-corrected chi connectivity index (χ4v) is 1.69. The molecule has 4 N–H and O–H groups in total. The molecule has 0 spiro atoms. The molecule has 8 heteroatoms. The van der Waals surface area contributed by atoms with Crippen LogP contribution in [0.4, 0.5) is 11.6 Å². The summed E-state index contributed by atoms with van der Waals surface area (Å²) in [6.07, 6.45) is 0.668. The summed E-state index contributed by atoms with van der Waals surface area (Å²) < 4.78 is 5.02. The van der Waals surface area contributed by atoms with Crippen LogP contribution in [-0.4, -0.2) is 33.2 Å². The number of nitrogens with two attached hydrogens (primary N) is 1. The molecule has 1 amide bonds. The van der Waals surface area contributed by atoms with Crippen LogP contribution in [0.2, 0.25) is 0 Å². The van der Waals surface area contributed by atoms with Crippen LogP contribution < -0.4 is 15.8 Å². The highest BCUT2D eigenvalue weighted by atomic mass is 16.5. The molecule has 0 unspecified atom stereocenters. The molecule has 2 rings (SSSR count). The Balaban J connectivity index is 2.23. The lowest BCUT2D eigenvalue weighted by molar-refractivity contribution is 0.102. The van der Waals surface area contributed by atoms with Gasteiger partial charge in [-0.25, -0.2) is 4.98 Å². The first-order valence-electron chi connectivity index (χ1n) is 6.08. The third-order valence-electron chi connectivity index (χ3n) is 2.72. The molecule has 0 saturated carbocycles. The van der Waals surface area contributed by atoms with Gasteiger partial charge in [0.25, 0.3) is 5.91 Å². The quantitative estimate of drug-likeness (QED) is 0.763. The summed E-state index contributed by atoms with van der Waals surface area (Å²) in [5.74, 6) is 0.0513. The van der Waals surface area contributed by atoms with Gasteiger partial charge in [0.1, 0.15) is 0 Å². The van der Waals surface area contributed by atoms with E-state index >= 15 is 0 Å². The Bertz CT molecular complexity index is 637. The maximum atomic E-state index is 12.1. The van der Waals surface area contributed by atoms with Crippen LogP contribution in [0, 0.1) is 6.92 Å². The molecule has 8 nitrogen and oxygen atoms in total. The zero-order valence-electron chi connectivity index (χ0n) is 11.5. The Kier molecular flexibility index (Phi) is 3.83. The second-order valence-corrected chi connectivity index (χ2v) is 4.15. The first-order chi connectivity index (χ1) is 9.55. The number of hydrogen-bond acceptors (Lipinski definition) is 6. The minimum absolute atomic E-state index is 0.130. The van der Waals surface area contributed by atoms with Crippen LogP contribution in [0.3, 0.4) is 0 Å². The lowest BCUT2D eigenvalue weighted by Crippen LogP contribution is -2.16. The van der Waals surface area contributed by atoms with E-state index in [0.717, 1.165) is 5.69 Å². The Morgan fingerprint density at radius 2 is 2.25 bits per heavy atom. The summed E-state index contributed by atoms with van der Waals surface area (Å²) >= 11 is 0. The SMILES string of the molecule is CCc1[nH]nc(C(=O)Nc2nc(C)cc(OC)n2)c1N. The number of aryl methyl sites for hydroxylation is 2. The summed E-state index contributed by atoms with van der Waals surface area (Å²) in [5.41, 5.74) is 7.70. The molecule has 20 heavy (non-hydrogen) atoms. The van der Waals surface area contributed by atoms with E-state index in [-0.39, 0.29) is 11.6 Å². The predicted molar refractivity (Wildman–Crippen MR) is 73.7 cm³/mol. The topological polar surface area (TPSA) is 119 Å². The molecule has 0 aliphatic rings. The zero-order valence-corrected chi connectivity index (χ0v) is 11.5. The van der Waals surface area contributed by atoms with Gasteiger partial charge in [-0.2, -0.15) is 10.1 Å². The van der Waals surface area contributed by atoms with Gasteiger partial charge in [0.05, 0.1) is 18.5 Å². The lowest BCUT2D eigenvalue weighted by atomic mass is 10.2. The molecule has 2 aromatic rings. The van der Waals surface area contributed by atoms with Crippen molar-refractivity contribution in [3.8, 4) is 5.88 Å². The van der Waals surface area contributed by atoms with E-state index in [2.05, 4.69) is 25.5 Å². The largest absolute Gasteiger partial charge is 0.481 e. The monoisotopic (exact) mass is 276 g/mol. The Labute approximate surface area is 115 Å². The minimum Gasteiger partial charge on any atom is -0.481 e. The number of amides is 1. The van der Waals surface area contributed by atoms with Gasteiger partial charge in [0, 0.05) is 11.8 Å². The molecule has 0 radical (unpaired) electrons. The number of hydrogen-bond donors (Lipinski definition) is 3. The molecular weight excluding hydrogens is 260 g/mol. The van der Waals surface area contributed by atoms with Gasteiger partial charge in [-0.1, -0.05) is 6.92 Å². The van der Waals surface area contributed by atoms with Crippen molar-refractivity contribution >= 4 is 17.5 Å². The number of nitrogens with zero attached hydrogens (tertiary/aromatic N) is 3. The van der Waals surface area contributed by atoms with Gasteiger partial charge in [0.2, 0.25) is 11.8 Å². The molecular formula is C12H16N6O2. The van der Waals surface area contributed by atoms with Gasteiger partial charge < -0.3 is 10.5 Å². The summed E-state index contributed by atoms with van der Waals surface area (Å²) in [6, 6.07) is 1.66. The van der Waals surface area contributed by atoms with E-state index in [0.29, 0.717) is 23.7 Å². The van der Waals surface area contributed by atoms with Crippen LogP contribution in [-0.2, 0) is 6.42 Å². The van der Waals surface area contributed by atoms with Crippen LogP contribution in [0.5, 0.6) is 5.88 Å². The third kappa shape index (κ3) is 2.68. The normalized spacial score (nSPS) is 10.3. The number of ether oxygens (including phenoxy) is 1. The van der Waals surface area contributed by atoms with E-state index in [1.165, 1.54) is 7.11 Å². The van der Waals surface area contributed by atoms with E-state index in [1.807, 2.05) is 6.92 Å². The fraction of sp³-hybridized carbons (Fsp3) is 0.333. The number of carbonyl (C=O) groups is 1. The van der Waals surface area contributed by atoms with E-state index in [1.54, 1.807) is 13.0 Å². The van der Waals surface area contributed by atoms with E-state index < -0.39 is 5.91 Å². The molecule has 0 aliphatic carbocycles. The van der Waals surface area contributed by atoms with Crippen LogP contribution in [0.1, 0.15) is 28.8 Å². The second kappa shape index (κ2) is 5.55. The average Bonchev–Trinajstić information content (AvgIpc) is 2.79. The first kappa shape index (κ1) is 13.8. The van der Waals surface area contributed by atoms with Gasteiger partial charge >= 0.3 is 0 Å². The molecule has 0 atom stereocenters. The van der Waals surface area contributed by atoms with Crippen LogP contribution >= 0.6 is 0 Å². The number of carbonyl (C=O) groups excluding carboxylic acids is 1. The van der Waals surface area contributed by atoms with Gasteiger partial charge in [-0.15, -0.1) is 0 Å². The Morgan fingerprint density at radius 3 is 2.85 bits per heavy atom. The van der Waals surface area contributed by atoms with Gasteiger partial charge in [-0.05, 0) is 13.3 Å². The second-order valence-electron chi connectivity index (χ2n) is 4.15. The standard InChI is InChI=1S/C12H16N6O2/c1-4-7-9(13)10(18-17-7)11(19)16-12-14-6(2)5-8(15-12)20-3/h5H,4,13H2,1-3H3,(H,17,18)(H,14,15,16,19). The predicted octanol–water partition coefficient (Wildman–Crippen LogP) is 0.914. The van der Waals surface area contributed by atoms with Crippen molar-refractivity contribution in [3.05, 3.63) is 23.1 Å². The highest BCUT2D eigenvalue weighted by Crippen LogP contribution is 2.16. The minimum atomic E-state index is -0.467. The smallest absolute Gasteiger partial charge is 0.280 e. The molecule has 0 bridgehead atoms. The number of anilines is 2. The highest BCUT2D eigenvalue weighted by molar-refractivity contribution is 6.05. The van der Waals surface area contributed by atoms with E-state index in [4.69, 9.17) is 10.5 Å². The molecule has 0 fully saturated rings. The third-order valence-corrected chi connectivity index (χ3v) is 2.72. The molecule has 0 aromatic carbocycles. The zero-order chi connectivity index (χ0) is 14.7. The number of H-pyrrole nitrogens is 1. The number of nitrogens with one attached hydrogen (secondary N) is 2. The van der Waals surface area contributed by atoms with Crippen molar-refractivity contribution in [3.63, 3.8) is 0 Å². The van der Waals surface area contributed by atoms with Crippen LogP contribution in [0.15, 0.2) is 6.07 Å². The van der Waals surface area contributed by atoms with Crippen molar-refractivity contribution in [1.82, 2.24) is 20.2 Å². The summed E-state index contributed by atoms with van der Waals surface area (Å²) in [6.45, 7) is 3.69. The lowest BCUT2D eigenvalue weighted by Gasteiger charge is -2.05. The van der Waals surface area contributed by atoms with Crippen molar-refractivity contribution in [2.45, 2.75) is 20.3 Å². The fourth-order valence-electron chi connectivity index (χ4n) is 1.69. The molecule has 106 valence electrons. The Morgan fingerprint density at radius 1 is 1.50 bits per heavy atom. The van der Waals surface area contributed by atoms with Crippen molar-refractivity contribution in [1.29, 1.82) is 0 Å². The molecule has 0 saturated heterocycles. The van der Waals surface area contributed by atoms with Crippen LogP contribution in [0.25, 0.3) is 0 Å². The van der Waals surface area contributed by atoms with Gasteiger partial charge in [-0.3, -0.25) is 15.2 Å².